The number of hydrogen-bond acceptors (Lipinski definition) is 4. The zero-order valence-electron chi connectivity index (χ0n) is 14.7. The zero-order chi connectivity index (χ0) is 17.9. The molecule has 134 valence electrons. The Morgan fingerprint density at radius 2 is 2.12 bits per heavy atom. The molecule has 26 heavy (non-hydrogen) atoms. The van der Waals surface area contributed by atoms with Gasteiger partial charge in [-0.1, -0.05) is 48.2 Å². The van der Waals surface area contributed by atoms with E-state index < -0.39 is 0 Å². The first-order valence-corrected chi connectivity index (χ1v) is 10.6. The van der Waals surface area contributed by atoms with Gasteiger partial charge in [0.15, 0.2) is 5.16 Å². The minimum absolute atomic E-state index is 0.204. The fraction of sp³-hybridized carbons (Fsp3) is 0.300. The molecule has 0 radical (unpaired) electrons. The summed E-state index contributed by atoms with van der Waals surface area (Å²) in [6, 6.07) is 14.7. The van der Waals surface area contributed by atoms with E-state index in [1.54, 1.807) is 11.3 Å². The first-order chi connectivity index (χ1) is 12.7. The van der Waals surface area contributed by atoms with Crippen LogP contribution in [0.2, 0.25) is 0 Å². The van der Waals surface area contributed by atoms with Crippen molar-refractivity contribution in [1.82, 2.24) is 14.5 Å². The molecule has 0 spiro atoms. The lowest BCUT2D eigenvalue weighted by Gasteiger charge is -2.23. The van der Waals surface area contributed by atoms with Gasteiger partial charge in [-0.15, -0.1) is 11.3 Å². The maximum Gasteiger partial charge on any atom is 0.233 e. The lowest BCUT2D eigenvalue weighted by atomic mass is 10.2. The molecule has 0 aliphatic carbocycles. The number of aromatic nitrogens is 2. The van der Waals surface area contributed by atoms with Crippen molar-refractivity contribution in [2.45, 2.75) is 24.0 Å². The molecule has 3 heterocycles. The quantitative estimate of drug-likeness (QED) is 0.604. The highest BCUT2D eigenvalue weighted by molar-refractivity contribution is 7.99. The van der Waals surface area contributed by atoms with E-state index in [2.05, 4.69) is 39.2 Å². The minimum Gasteiger partial charge on any atom is -0.334 e. The van der Waals surface area contributed by atoms with Gasteiger partial charge in [0.25, 0.3) is 0 Å². The van der Waals surface area contributed by atoms with E-state index >= 15 is 0 Å². The maximum absolute atomic E-state index is 12.8. The van der Waals surface area contributed by atoms with Gasteiger partial charge in [0, 0.05) is 18.5 Å². The van der Waals surface area contributed by atoms with E-state index in [4.69, 9.17) is 0 Å². The van der Waals surface area contributed by atoms with Crippen LogP contribution in [0.3, 0.4) is 0 Å². The number of rotatable bonds is 5. The number of carbonyl (C=O) groups is 1. The summed E-state index contributed by atoms with van der Waals surface area (Å²) in [7, 11) is 2.01. The first kappa shape index (κ1) is 17.4. The van der Waals surface area contributed by atoms with Gasteiger partial charge < -0.3 is 9.47 Å². The molecule has 0 saturated carbocycles. The van der Waals surface area contributed by atoms with Crippen LogP contribution in [0, 0.1) is 0 Å². The lowest BCUT2D eigenvalue weighted by Crippen LogP contribution is -2.31. The van der Waals surface area contributed by atoms with Gasteiger partial charge >= 0.3 is 0 Å². The Hall–Kier alpha value is -2.05. The van der Waals surface area contributed by atoms with Crippen molar-refractivity contribution >= 4 is 29.0 Å². The highest BCUT2D eigenvalue weighted by Gasteiger charge is 2.30. The third kappa shape index (κ3) is 3.44. The fourth-order valence-corrected chi connectivity index (χ4v) is 5.17. The molecule has 1 saturated heterocycles. The van der Waals surface area contributed by atoms with Crippen LogP contribution in [0.25, 0.3) is 11.3 Å². The minimum atomic E-state index is 0.204. The summed E-state index contributed by atoms with van der Waals surface area (Å²) < 4.78 is 2.06. The summed E-state index contributed by atoms with van der Waals surface area (Å²) in [5, 5.41) is 2.97. The van der Waals surface area contributed by atoms with Crippen LogP contribution in [0.15, 0.2) is 59.2 Å². The standard InChI is InChI=1S/C20H21N3OS2/c1-22-17(15-7-3-2-4-8-15)13-21-20(22)26-14-19(24)23-11-5-9-16(23)18-10-6-12-25-18/h2-4,6-8,10,12-13,16H,5,9,11,14H2,1H3. The molecule has 1 atom stereocenters. The summed E-state index contributed by atoms with van der Waals surface area (Å²) >= 11 is 3.26. The molecule has 4 nitrogen and oxygen atoms in total. The third-order valence-electron chi connectivity index (χ3n) is 4.78. The predicted molar refractivity (Wildman–Crippen MR) is 107 cm³/mol. The molecular weight excluding hydrogens is 362 g/mol. The van der Waals surface area contributed by atoms with Crippen LogP contribution < -0.4 is 0 Å². The van der Waals surface area contributed by atoms with Crippen molar-refractivity contribution < 1.29 is 4.79 Å². The van der Waals surface area contributed by atoms with Crippen molar-refractivity contribution in [3.63, 3.8) is 0 Å². The smallest absolute Gasteiger partial charge is 0.233 e. The largest absolute Gasteiger partial charge is 0.334 e. The van der Waals surface area contributed by atoms with Gasteiger partial charge in [-0.3, -0.25) is 4.79 Å². The van der Waals surface area contributed by atoms with E-state index in [1.807, 2.05) is 36.3 Å². The molecule has 3 aromatic rings. The number of imidazole rings is 1. The molecule has 0 N–H and O–H groups in total. The van der Waals surface area contributed by atoms with Gasteiger partial charge in [0.2, 0.25) is 5.91 Å². The molecule has 1 aromatic carbocycles. The predicted octanol–water partition coefficient (Wildman–Crippen LogP) is 4.60. The molecule has 1 fully saturated rings. The molecular formula is C20H21N3OS2. The molecule has 0 bridgehead atoms. The number of thioether (sulfide) groups is 1. The number of hydrogen-bond donors (Lipinski definition) is 0. The summed E-state index contributed by atoms with van der Waals surface area (Å²) in [5.74, 6) is 0.635. The number of thiophene rings is 1. The lowest BCUT2D eigenvalue weighted by molar-refractivity contribution is -0.129. The molecule has 1 amide bonds. The second-order valence-corrected chi connectivity index (χ2v) is 8.32. The molecule has 2 aromatic heterocycles. The van der Waals surface area contributed by atoms with Crippen LogP contribution in [-0.4, -0.2) is 32.7 Å². The van der Waals surface area contributed by atoms with Crippen molar-refractivity contribution in [3.05, 3.63) is 58.9 Å². The van der Waals surface area contributed by atoms with E-state index in [0.29, 0.717) is 5.75 Å². The maximum atomic E-state index is 12.8. The van der Waals surface area contributed by atoms with Crippen LogP contribution in [0.1, 0.15) is 23.8 Å². The average Bonchev–Trinajstić information content (AvgIpc) is 3.41. The third-order valence-corrected chi connectivity index (χ3v) is 6.79. The van der Waals surface area contributed by atoms with Gasteiger partial charge in [0.05, 0.1) is 23.7 Å². The normalized spacial score (nSPS) is 17.0. The highest BCUT2D eigenvalue weighted by atomic mass is 32.2. The van der Waals surface area contributed by atoms with Crippen molar-refractivity contribution in [1.29, 1.82) is 0 Å². The summed E-state index contributed by atoms with van der Waals surface area (Å²) in [4.78, 5) is 20.6. The van der Waals surface area contributed by atoms with E-state index in [1.165, 1.54) is 16.6 Å². The van der Waals surface area contributed by atoms with E-state index in [0.717, 1.165) is 35.8 Å². The molecule has 1 aliphatic rings. The van der Waals surface area contributed by atoms with Crippen LogP contribution in [-0.2, 0) is 11.8 Å². The fourth-order valence-electron chi connectivity index (χ4n) is 3.45. The zero-order valence-corrected chi connectivity index (χ0v) is 16.3. The second kappa shape index (κ2) is 7.68. The Morgan fingerprint density at radius 3 is 2.88 bits per heavy atom. The van der Waals surface area contributed by atoms with Crippen molar-refractivity contribution in [2.24, 2.45) is 7.05 Å². The number of benzene rings is 1. The molecule has 4 rings (SSSR count). The Morgan fingerprint density at radius 1 is 1.27 bits per heavy atom. The first-order valence-electron chi connectivity index (χ1n) is 8.77. The average molecular weight is 384 g/mol. The van der Waals surface area contributed by atoms with Gasteiger partial charge in [-0.05, 0) is 29.9 Å². The van der Waals surface area contributed by atoms with E-state index in [-0.39, 0.29) is 11.9 Å². The molecule has 6 heteroatoms. The number of likely N-dealkylation sites (tertiary alicyclic amines) is 1. The summed E-state index contributed by atoms with van der Waals surface area (Å²) in [5.41, 5.74) is 2.20. The second-order valence-electron chi connectivity index (χ2n) is 6.40. The monoisotopic (exact) mass is 383 g/mol. The summed E-state index contributed by atoms with van der Waals surface area (Å²) in [6.45, 7) is 0.859. The Labute approximate surface area is 161 Å². The molecule has 1 aliphatic heterocycles. The van der Waals surface area contributed by atoms with E-state index in [9.17, 15) is 4.79 Å². The number of nitrogens with zero attached hydrogens (tertiary/aromatic N) is 3. The van der Waals surface area contributed by atoms with Crippen molar-refractivity contribution in [3.8, 4) is 11.3 Å². The Bertz CT molecular complexity index is 874. The summed E-state index contributed by atoms with van der Waals surface area (Å²) in [6.07, 6.45) is 4.03. The SMILES string of the molecule is Cn1c(-c2ccccc2)cnc1SCC(=O)N1CCCC1c1cccs1. The highest BCUT2D eigenvalue weighted by Crippen LogP contribution is 2.35. The van der Waals surface area contributed by atoms with Gasteiger partial charge in [-0.25, -0.2) is 4.98 Å². The van der Waals surface area contributed by atoms with Crippen LogP contribution >= 0.6 is 23.1 Å². The van der Waals surface area contributed by atoms with Gasteiger partial charge in [-0.2, -0.15) is 0 Å². The topological polar surface area (TPSA) is 38.1 Å². The number of carbonyl (C=O) groups excluding carboxylic acids is 1. The Balaban J connectivity index is 1.43. The van der Waals surface area contributed by atoms with Crippen LogP contribution in [0.5, 0.6) is 0 Å². The molecule has 1 unspecified atom stereocenters. The van der Waals surface area contributed by atoms with Crippen LogP contribution in [0.4, 0.5) is 0 Å². The number of amides is 1. The Kier molecular flexibility index (Phi) is 5.13. The van der Waals surface area contributed by atoms with Crippen molar-refractivity contribution in [2.75, 3.05) is 12.3 Å². The van der Waals surface area contributed by atoms with Gasteiger partial charge in [0.1, 0.15) is 0 Å².